The van der Waals surface area contributed by atoms with Crippen LogP contribution in [0, 0.1) is 0 Å². The largest absolute Gasteiger partial charge is 0.354 e. The molecule has 0 aromatic heterocycles. The van der Waals surface area contributed by atoms with Gasteiger partial charge in [-0.1, -0.05) is 79.9 Å². The summed E-state index contributed by atoms with van der Waals surface area (Å²) in [5.41, 5.74) is 9.78. The van der Waals surface area contributed by atoms with Gasteiger partial charge in [0, 0.05) is 14.0 Å². The van der Waals surface area contributed by atoms with Gasteiger partial charge in [0.2, 0.25) is 0 Å². The first-order valence-electron chi connectivity index (χ1n) is 12.1. The molecule has 202 valence electrons. The normalized spacial score (nSPS) is 11.6. The van der Waals surface area contributed by atoms with E-state index in [1.165, 1.54) is 0 Å². The number of hydrogen-bond donors (Lipinski definition) is 3. The summed E-state index contributed by atoms with van der Waals surface area (Å²) >= 11 is 13.1. The first-order valence-corrected chi connectivity index (χ1v) is 14.0. The van der Waals surface area contributed by atoms with E-state index < -0.39 is 11.8 Å². The van der Waals surface area contributed by atoms with Crippen LogP contribution < -0.4 is 16.2 Å². The fourth-order valence-corrected chi connectivity index (χ4v) is 4.35. The molecule has 0 radical (unpaired) electrons. The second-order valence-corrected chi connectivity index (χ2v) is 10.9. The highest BCUT2D eigenvalue weighted by molar-refractivity contribution is 9.10. The molecule has 40 heavy (non-hydrogen) atoms. The van der Waals surface area contributed by atoms with Crippen LogP contribution in [-0.4, -0.2) is 23.2 Å². The molecule has 3 N–H and O–H groups in total. The van der Waals surface area contributed by atoms with E-state index in [2.05, 4.69) is 58.2 Å². The van der Waals surface area contributed by atoms with E-state index in [0.29, 0.717) is 38.9 Å². The van der Waals surface area contributed by atoms with Crippen molar-refractivity contribution >= 4 is 78.1 Å². The van der Waals surface area contributed by atoms with Crippen molar-refractivity contribution in [2.45, 2.75) is 13.8 Å². The lowest BCUT2D eigenvalue weighted by Crippen LogP contribution is -2.22. The van der Waals surface area contributed by atoms with Gasteiger partial charge in [-0.3, -0.25) is 9.59 Å². The number of rotatable bonds is 8. The second-order valence-electron chi connectivity index (χ2n) is 8.65. The van der Waals surface area contributed by atoms with Crippen LogP contribution in [0.5, 0.6) is 0 Å². The quantitative estimate of drug-likeness (QED) is 0.130. The predicted molar refractivity (Wildman–Crippen MR) is 169 cm³/mol. The Hall–Kier alpha value is -3.79. The number of hydrazone groups is 2. The first-order chi connectivity index (χ1) is 19.2. The monoisotopic (exact) mass is 679 g/mol. The second kappa shape index (κ2) is 13.5. The fourth-order valence-electron chi connectivity index (χ4n) is 3.65. The zero-order valence-electron chi connectivity index (χ0n) is 21.5. The third-order valence-electron chi connectivity index (χ3n) is 5.84. The molecule has 4 aromatic carbocycles. The minimum Gasteiger partial charge on any atom is -0.354 e. The lowest BCUT2D eigenvalue weighted by atomic mass is 10.1. The van der Waals surface area contributed by atoms with Gasteiger partial charge in [0.1, 0.15) is 0 Å². The van der Waals surface area contributed by atoms with Gasteiger partial charge in [-0.05, 0) is 79.6 Å². The zero-order chi connectivity index (χ0) is 28.6. The van der Waals surface area contributed by atoms with Crippen LogP contribution in [0.2, 0.25) is 5.02 Å². The summed E-state index contributed by atoms with van der Waals surface area (Å²) in [6.45, 7) is 3.62. The summed E-state index contributed by atoms with van der Waals surface area (Å²) in [5.74, 6) is -0.852. The zero-order valence-corrected chi connectivity index (χ0v) is 25.4. The van der Waals surface area contributed by atoms with E-state index in [4.69, 9.17) is 11.6 Å². The minimum absolute atomic E-state index is 0.302. The van der Waals surface area contributed by atoms with Crippen molar-refractivity contribution in [2.75, 3.05) is 5.32 Å². The lowest BCUT2D eigenvalue weighted by molar-refractivity contribution is 0.0948. The molecule has 0 unspecified atom stereocenters. The van der Waals surface area contributed by atoms with Crippen molar-refractivity contribution in [3.63, 3.8) is 0 Å². The minimum atomic E-state index is -0.438. The lowest BCUT2D eigenvalue weighted by Gasteiger charge is -2.15. The van der Waals surface area contributed by atoms with Crippen LogP contribution in [0.25, 0.3) is 0 Å². The van der Waals surface area contributed by atoms with Crippen LogP contribution >= 0.6 is 43.5 Å². The molecule has 10 heteroatoms. The molecule has 0 aliphatic rings. The van der Waals surface area contributed by atoms with E-state index in [9.17, 15) is 9.59 Å². The summed E-state index contributed by atoms with van der Waals surface area (Å²) in [7, 11) is 0. The highest BCUT2D eigenvalue weighted by Gasteiger charge is 2.16. The van der Waals surface area contributed by atoms with Gasteiger partial charge in [0.15, 0.2) is 0 Å². The molecule has 0 atom stereocenters. The average molecular weight is 682 g/mol. The maximum Gasteiger partial charge on any atom is 0.273 e. The Balaban J connectivity index is 1.53. The summed E-state index contributed by atoms with van der Waals surface area (Å²) in [6, 6.07) is 27.0. The topological polar surface area (TPSA) is 95.0 Å². The number of carbonyl (C=O) groups excluding carboxylic acids is 2. The number of carbonyl (C=O) groups is 2. The molecule has 0 heterocycles. The number of para-hydroxylation sites is 1. The highest BCUT2D eigenvalue weighted by atomic mass is 79.9. The van der Waals surface area contributed by atoms with E-state index in [0.717, 1.165) is 20.1 Å². The third kappa shape index (κ3) is 7.65. The number of nitrogens with one attached hydrogen (secondary N) is 3. The average Bonchev–Trinajstić information content (AvgIpc) is 2.95. The molecule has 7 nitrogen and oxygen atoms in total. The summed E-state index contributed by atoms with van der Waals surface area (Å²) in [5, 5.41) is 12.1. The first kappa shape index (κ1) is 29.2. The van der Waals surface area contributed by atoms with Gasteiger partial charge in [0.05, 0.1) is 33.9 Å². The maximum atomic E-state index is 13.1. The molecular weight excluding hydrogens is 658 g/mol. The Kier molecular flexibility index (Phi) is 9.87. The van der Waals surface area contributed by atoms with Crippen LogP contribution in [0.3, 0.4) is 0 Å². The van der Waals surface area contributed by atoms with Gasteiger partial charge in [-0.15, -0.1) is 0 Å². The van der Waals surface area contributed by atoms with E-state index in [1.54, 1.807) is 49.4 Å². The predicted octanol–water partition coefficient (Wildman–Crippen LogP) is 7.92. The van der Waals surface area contributed by atoms with Gasteiger partial charge >= 0.3 is 0 Å². The standard InChI is InChI=1S/C30H24Br2ClN5O2/c1-18(20-7-11-22(31)12-8-20)35-37-29(39)25-5-3-4-6-27(25)34-28-17-24(33)15-16-26(28)30(40)38-36-19(2)21-9-13-23(32)14-10-21/h3-17,34H,1-2H3,(H,37,39)(H,38,40)/b35-18+,36-19+. The SMILES string of the molecule is C/C(=N\NC(=O)c1ccccc1Nc1cc(Cl)ccc1C(=O)N/N=C(\C)c1ccc(Br)cc1)c1ccc(Br)cc1. The van der Waals surface area contributed by atoms with E-state index >= 15 is 0 Å². The Morgan fingerprint density at radius 1 is 0.650 bits per heavy atom. The molecule has 0 fully saturated rings. The Labute approximate surface area is 254 Å². The van der Waals surface area contributed by atoms with Gasteiger partial charge < -0.3 is 5.32 Å². The molecular formula is C30H24Br2ClN5O2. The van der Waals surface area contributed by atoms with Crippen LogP contribution in [0.4, 0.5) is 11.4 Å². The molecule has 0 aliphatic carbocycles. The molecule has 4 aromatic rings. The molecule has 0 spiro atoms. The fraction of sp³-hybridized carbons (Fsp3) is 0.0667. The Morgan fingerprint density at radius 3 is 1.65 bits per heavy atom. The van der Waals surface area contributed by atoms with Crippen molar-refractivity contribution in [3.05, 3.63) is 127 Å². The number of anilines is 2. The number of benzene rings is 4. The molecule has 0 saturated carbocycles. The Morgan fingerprint density at radius 2 is 1.12 bits per heavy atom. The van der Waals surface area contributed by atoms with E-state index in [-0.39, 0.29) is 0 Å². The summed E-state index contributed by atoms with van der Waals surface area (Å²) in [6.07, 6.45) is 0. The van der Waals surface area contributed by atoms with Crippen LogP contribution in [-0.2, 0) is 0 Å². The van der Waals surface area contributed by atoms with Gasteiger partial charge in [0.25, 0.3) is 11.8 Å². The molecule has 0 aliphatic heterocycles. The van der Waals surface area contributed by atoms with Crippen molar-refractivity contribution in [1.82, 2.24) is 10.9 Å². The van der Waals surface area contributed by atoms with Gasteiger partial charge in [-0.25, -0.2) is 10.9 Å². The third-order valence-corrected chi connectivity index (χ3v) is 7.13. The molecule has 0 bridgehead atoms. The van der Waals surface area contributed by atoms with Crippen LogP contribution in [0.15, 0.2) is 110 Å². The van der Waals surface area contributed by atoms with Crippen LogP contribution in [0.1, 0.15) is 45.7 Å². The number of nitrogens with zero attached hydrogens (tertiary/aromatic N) is 2. The summed E-state index contributed by atoms with van der Waals surface area (Å²) < 4.78 is 1.90. The number of halogens is 3. The molecule has 4 rings (SSSR count). The van der Waals surface area contributed by atoms with Crippen molar-refractivity contribution in [3.8, 4) is 0 Å². The number of hydrogen-bond acceptors (Lipinski definition) is 5. The van der Waals surface area contributed by atoms with Crippen molar-refractivity contribution in [1.29, 1.82) is 0 Å². The Bertz CT molecular complexity index is 1600. The van der Waals surface area contributed by atoms with Gasteiger partial charge in [-0.2, -0.15) is 10.2 Å². The van der Waals surface area contributed by atoms with E-state index in [1.807, 2.05) is 55.5 Å². The summed E-state index contributed by atoms with van der Waals surface area (Å²) in [4.78, 5) is 26.2. The van der Waals surface area contributed by atoms with Crippen molar-refractivity contribution < 1.29 is 9.59 Å². The maximum absolute atomic E-state index is 13.1. The number of amides is 2. The smallest absolute Gasteiger partial charge is 0.273 e. The highest BCUT2D eigenvalue weighted by Crippen LogP contribution is 2.27. The molecule has 2 amide bonds. The van der Waals surface area contributed by atoms with Crippen molar-refractivity contribution in [2.24, 2.45) is 10.2 Å². The molecule has 0 saturated heterocycles.